The molecule has 0 saturated heterocycles. The van der Waals surface area contributed by atoms with E-state index in [0.717, 1.165) is 12.0 Å². The molecule has 34 heavy (non-hydrogen) atoms. The number of carbonyl (C=O) groups excluding carboxylic acids is 2. The van der Waals surface area contributed by atoms with Crippen LogP contribution >= 0.6 is 0 Å². The van der Waals surface area contributed by atoms with Gasteiger partial charge in [0.1, 0.15) is 23.4 Å². The van der Waals surface area contributed by atoms with Crippen LogP contribution in [0.1, 0.15) is 24.5 Å². The summed E-state index contributed by atoms with van der Waals surface area (Å²) in [5.74, 6) is -1.15. The molecule has 7 heteroatoms. The van der Waals surface area contributed by atoms with Gasteiger partial charge < -0.3 is 15.0 Å². The predicted molar refractivity (Wildman–Crippen MR) is 126 cm³/mol. The molecule has 0 radical (unpaired) electrons. The van der Waals surface area contributed by atoms with Gasteiger partial charge in [0.15, 0.2) is 6.61 Å². The summed E-state index contributed by atoms with van der Waals surface area (Å²) in [6, 6.07) is 19.8. The van der Waals surface area contributed by atoms with Crippen molar-refractivity contribution in [2.75, 3.05) is 13.2 Å². The zero-order valence-electron chi connectivity index (χ0n) is 19.0. The lowest BCUT2D eigenvalue weighted by Crippen LogP contribution is -2.51. The molecule has 0 fully saturated rings. The molecule has 0 aromatic heterocycles. The van der Waals surface area contributed by atoms with Crippen molar-refractivity contribution in [3.05, 3.63) is 102 Å². The van der Waals surface area contributed by atoms with Gasteiger partial charge in [-0.1, -0.05) is 49.4 Å². The molecule has 0 saturated carbocycles. The van der Waals surface area contributed by atoms with Gasteiger partial charge in [0.2, 0.25) is 5.91 Å². The summed E-state index contributed by atoms with van der Waals surface area (Å²) in [4.78, 5) is 28.0. The number of nitrogens with zero attached hydrogens (tertiary/aromatic N) is 1. The third-order valence-corrected chi connectivity index (χ3v) is 5.26. The summed E-state index contributed by atoms with van der Waals surface area (Å²) in [6.07, 6.45) is 1.06. The first-order valence-corrected chi connectivity index (χ1v) is 11.2. The maximum Gasteiger partial charge on any atom is 0.261 e. The molecule has 0 heterocycles. The monoisotopic (exact) mass is 466 g/mol. The van der Waals surface area contributed by atoms with Crippen LogP contribution in [0.15, 0.2) is 78.9 Å². The van der Waals surface area contributed by atoms with Gasteiger partial charge in [0, 0.05) is 19.5 Å². The number of carbonyl (C=O) groups is 2. The van der Waals surface area contributed by atoms with E-state index in [-0.39, 0.29) is 24.9 Å². The summed E-state index contributed by atoms with van der Waals surface area (Å²) in [7, 11) is 0. The van der Waals surface area contributed by atoms with Gasteiger partial charge >= 0.3 is 0 Å². The van der Waals surface area contributed by atoms with Gasteiger partial charge in [-0.25, -0.2) is 8.78 Å². The Morgan fingerprint density at radius 1 is 0.882 bits per heavy atom. The van der Waals surface area contributed by atoms with Gasteiger partial charge in [-0.05, 0) is 53.9 Å². The van der Waals surface area contributed by atoms with E-state index in [9.17, 15) is 18.4 Å². The summed E-state index contributed by atoms with van der Waals surface area (Å²) >= 11 is 0. The van der Waals surface area contributed by atoms with Gasteiger partial charge in [-0.2, -0.15) is 0 Å². The lowest BCUT2D eigenvalue weighted by atomic mass is 10.0. The molecule has 0 aliphatic heterocycles. The quantitative estimate of drug-likeness (QED) is 0.452. The highest BCUT2D eigenvalue weighted by Gasteiger charge is 2.30. The molecule has 0 bridgehead atoms. The van der Waals surface area contributed by atoms with Crippen LogP contribution in [0.4, 0.5) is 8.78 Å². The minimum atomic E-state index is -0.802. The smallest absolute Gasteiger partial charge is 0.261 e. The molecule has 178 valence electrons. The molecule has 0 unspecified atom stereocenters. The molecule has 2 amide bonds. The Morgan fingerprint density at radius 2 is 1.50 bits per heavy atom. The Kier molecular flexibility index (Phi) is 9.14. The highest BCUT2D eigenvalue weighted by Crippen LogP contribution is 2.17. The second-order valence-electron chi connectivity index (χ2n) is 7.89. The third-order valence-electron chi connectivity index (χ3n) is 5.26. The fraction of sp³-hybridized carbons (Fsp3) is 0.259. The van der Waals surface area contributed by atoms with Gasteiger partial charge in [-0.15, -0.1) is 0 Å². The first-order chi connectivity index (χ1) is 16.5. The Hall–Kier alpha value is -3.74. The summed E-state index contributed by atoms with van der Waals surface area (Å²) in [5, 5.41) is 2.89. The van der Waals surface area contributed by atoms with Crippen molar-refractivity contribution < 1.29 is 23.1 Å². The van der Waals surface area contributed by atoms with E-state index in [1.807, 2.05) is 37.3 Å². The van der Waals surface area contributed by atoms with Crippen LogP contribution in [0.2, 0.25) is 0 Å². The Bertz CT molecular complexity index is 1060. The molecule has 5 nitrogen and oxygen atoms in total. The molecule has 0 aliphatic rings. The minimum Gasteiger partial charge on any atom is -0.484 e. The molecule has 3 rings (SSSR count). The zero-order chi connectivity index (χ0) is 24.3. The van der Waals surface area contributed by atoms with Crippen LogP contribution in [0.3, 0.4) is 0 Å². The van der Waals surface area contributed by atoms with E-state index in [1.165, 1.54) is 41.3 Å². The van der Waals surface area contributed by atoms with E-state index in [1.54, 1.807) is 12.1 Å². The minimum absolute atomic E-state index is 0.100. The third kappa shape index (κ3) is 7.40. The van der Waals surface area contributed by atoms with Crippen LogP contribution < -0.4 is 10.1 Å². The first-order valence-electron chi connectivity index (χ1n) is 11.2. The van der Waals surface area contributed by atoms with Crippen LogP contribution in [-0.4, -0.2) is 35.9 Å². The Morgan fingerprint density at radius 3 is 2.12 bits per heavy atom. The average Bonchev–Trinajstić information content (AvgIpc) is 2.86. The fourth-order valence-corrected chi connectivity index (χ4v) is 3.47. The van der Waals surface area contributed by atoms with Crippen molar-refractivity contribution in [3.63, 3.8) is 0 Å². The van der Waals surface area contributed by atoms with Crippen LogP contribution in [0.25, 0.3) is 0 Å². The Labute approximate surface area is 198 Å². The number of hydrogen-bond acceptors (Lipinski definition) is 3. The van der Waals surface area contributed by atoms with Crippen LogP contribution in [-0.2, 0) is 22.6 Å². The lowest BCUT2D eigenvalue weighted by molar-refractivity contribution is -0.142. The van der Waals surface area contributed by atoms with Crippen molar-refractivity contribution in [3.8, 4) is 5.75 Å². The molecule has 0 spiro atoms. The van der Waals surface area contributed by atoms with E-state index in [4.69, 9.17) is 4.74 Å². The van der Waals surface area contributed by atoms with E-state index in [0.29, 0.717) is 24.3 Å². The first kappa shape index (κ1) is 24.9. The van der Waals surface area contributed by atoms with Crippen molar-refractivity contribution in [1.29, 1.82) is 0 Å². The van der Waals surface area contributed by atoms with Crippen LogP contribution in [0, 0.1) is 11.6 Å². The summed E-state index contributed by atoms with van der Waals surface area (Å²) < 4.78 is 32.2. The molecule has 3 aromatic rings. The molecule has 1 atom stereocenters. The highest BCUT2D eigenvalue weighted by atomic mass is 19.1. The predicted octanol–water partition coefficient (Wildman–Crippen LogP) is 4.51. The topological polar surface area (TPSA) is 58.6 Å². The van der Waals surface area contributed by atoms with Crippen molar-refractivity contribution >= 4 is 11.8 Å². The van der Waals surface area contributed by atoms with Gasteiger partial charge in [-0.3, -0.25) is 9.59 Å². The molecule has 1 N–H and O–H groups in total. The Balaban J connectivity index is 1.87. The standard InChI is InChI=1S/C27H28F2N2O3/c1-2-16-30-27(33)25(17-20-6-4-3-5-7-20)31(18-21-8-10-22(28)11-9-21)26(32)19-34-24-14-12-23(29)13-15-24/h3-15,25H,2,16-19H2,1H3,(H,30,33)/t25-/m1/s1. The highest BCUT2D eigenvalue weighted by molar-refractivity contribution is 5.88. The summed E-state index contributed by atoms with van der Waals surface area (Å²) in [6.45, 7) is 2.20. The second-order valence-corrected chi connectivity index (χ2v) is 7.89. The lowest BCUT2D eigenvalue weighted by Gasteiger charge is -2.31. The maximum absolute atomic E-state index is 13.4. The summed E-state index contributed by atoms with van der Waals surface area (Å²) in [5.41, 5.74) is 1.58. The van der Waals surface area contributed by atoms with Gasteiger partial charge in [0.25, 0.3) is 5.91 Å². The number of rotatable bonds is 11. The van der Waals surface area contributed by atoms with Crippen molar-refractivity contribution in [2.24, 2.45) is 0 Å². The number of hydrogen-bond donors (Lipinski definition) is 1. The normalized spacial score (nSPS) is 11.5. The number of ether oxygens (including phenoxy) is 1. The average molecular weight is 467 g/mol. The molecular weight excluding hydrogens is 438 g/mol. The number of nitrogens with one attached hydrogen (secondary N) is 1. The number of benzene rings is 3. The number of halogens is 2. The fourth-order valence-electron chi connectivity index (χ4n) is 3.47. The van der Waals surface area contributed by atoms with Gasteiger partial charge in [0.05, 0.1) is 0 Å². The maximum atomic E-state index is 13.4. The van der Waals surface area contributed by atoms with Crippen molar-refractivity contribution in [2.45, 2.75) is 32.4 Å². The largest absolute Gasteiger partial charge is 0.484 e. The zero-order valence-corrected chi connectivity index (χ0v) is 19.0. The van der Waals surface area contributed by atoms with Crippen molar-refractivity contribution in [1.82, 2.24) is 10.2 Å². The number of amides is 2. The van der Waals surface area contributed by atoms with E-state index < -0.39 is 17.8 Å². The SMILES string of the molecule is CCCNC(=O)[C@@H](Cc1ccccc1)N(Cc1ccc(F)cc1)C(=O)COc1ccc(F)cc1. The second kappa shape index (κ2) is 12.5. The van der Waals surface area contributed by atoms with E-state index in [2.05, 4.69) is 5.32 Å². The molecular formula is C27H28F2N2O3. The van der Waals surface area contributed by atoms with Crippen LogP contribution in [0.5, 0.6) is 5.75 Å². The van der Waals surface area contributed by atoms with E-state index >= 15 is 0 Å². The molecule has 3 aromatic carbocycles. The molecule has 0 aliphatic carbocycles.